The van der Waals surface area contributed by atoms with Crippen molar-refractivity contribution in [2.24, 2.45) is 0 Å². The van der Waals surface area contributed by atoms with Crippen molar-refractivity contribution >= 4 is 46.5 Å². The lowest BCUT2D eigenvalue weighted by molar-refractivity contribution is -0.113. The fourth-order valence-electron chi connectivity index (χ4n) is 3.14. The Hall–Kier alpha value is -2.89. The molecule has 0 bridgehead atoms. The van der Waals surface area contributed by atoms with Crippen molar-refractivity contribution in [1.29, 1.82) is 0 Å². The van der Waals surface area contributed by atoms with Crippen LogP contribution in [0, 0.1) is 0 Å². The van der Waals surface area contributed by atoms with Gasteiger partial charge in [-0.3, -0.25) is 14.4 Å². The van der Waals surface area contributed by atoms with Crippen molar-refractivity contribution < 1.29 is 14.4 Å². The Labute approximate surface area is 170 Å². The van der Waals surface area contributed by atoms with E-state index in [-0.39, 0.29) is 28.8 Å². The maximum atomic E-state index is 13.0. The molecule has 0 radical (unpaired) electrons. The number of rotatable bonds is 4. The maximum absolute atomic E-state index is 13.0. The van der Waals surface area contributed by atoms with Gasteiger partial charge in [-0.25, -0.2) is 0 Å². The van der Waals surface area contributed by atoms with E-state index in [1.807, 2.05) is 18.2 Å². The van der Waals surface area contributed by atoms with Crippen LogP contribution in [-0.2, 0) is 4.79 Å². The van der Waals surface area contributed by atoms with Gasteiger partial charge in [0, 0.05) is 21.6 Å². The van der Waals surface area contributed by atoms with E-state index in [1.54, 1.807) is 48.5 Å². The molecule has 0 spiro atoms. The third kappa shape index (κ3) is 3.35. The molecule has 4 rings (SSSR count). The van der Waals surface area contributed by atoms with E-state index >= 15 is 0 Å². The highest BCUT2D eigenvalue weighted by Gasteiger charge is 2.31. The molecule has 0 saturated heterocycles. The number of carbonyl (C=O) groups excluding carboxylic acids is 3. The molecule has 0 unspecified atom stereocenters. The highest BCUT2D eigenvalue weighted by molar-refractivity contribution is 8.00. The lowest BCUT2D eigenvalue weighted by Gasteiger charge is -2.20. The summed E-state index contributed by atoms with van der Waals surface area (Å²) in [6.45, 7) is 0. The topological polar surface area (TPSA) is 63.2 Å². The predicted molar refractivity (Wildman–Crippen MR) is 111 cm³/mol. The first-order valence-electron chi connectivity index (χ1n) is 8.55. The molecule has 4 nitrogen and oxygen atoms in total. The first-order chi connectivity index (χ1) is 13.6. The van der Waals surface area contributed by atoms with Gasteiger partial charge in [-0.15, -0.1) is 11.8 Å². The summed E-state index contributed by atoms with van der Waals surface area (Å²) in [6, 6.07) is 18.9. The minimum atomic E-state index is -0.280. The van der Waals surface area contributed by atoms with E-state index in [2.05, 4.69) is 5.32 Å². The van der Waals surface area contributed by atoms with Crippen molar-refractivity contribution in [2.75, 3.05) is 11.1 Å². The summed E-state index contributed by atoms with van der Waals surface area (Å²) >= 11 is 7.42. The largest absolute Gasteiger partial charge is 0.325 e. The zero-order valence-electron chi connectivity index (χ0n) is 14.6. The van der Waals surface area contributed by atoms with E-state index < -0.39 is 0 Å². The summed E-state index contributed by atoms with van der Waals surface area (Å²) in [6.07, 6.45) is 0. The Balaban J connectivity index is 1.59. The number of thioether (sulfide) groups is 1. The highest BCUT2D eigenvalue weighted by atomic mass is 35.5. The van der Waals surface area contributed by atoms with Crippen molar-refractivity contribution in [3.8, 4) is 0 Å². The number of anilines is 1. The summed E-state index contributed by atoms with van der Waals surface area (Å²) in [5.74, 6) is -0.629. The van der Waals surface area contributed by atoms with Gasteiger partial charge in [0.15, 0.2) is 11.6 Å². The molecule has 0 fully saturated rings. The number of hydrogen-bond acceptors (Lipinski definition) is 4. The fourth-order valence-corrected chi connectivity index (χ4v) is 4.18. The van der Waals surface area contributed by atoms with Gasteiger partial charge in [0.2, 0.25) is 5.91 Å². The number of benzene rings is 3. The monoisotopic (exact) mass is 407 g/mol. The van der Waals surface area contributed by atoms with Gasteiger partial charge in [0.05, 0.1) is 22.0 Å². The van der Waals surface area contributed by atoms with Gasteiger partial charge in [-0.1, -0.05) is 60.1 Å². The van der Waals surface area contributed by atoms with E-state index in [1.165, 1.54) is 11.8 Å². The second kappa shape index (κ2) is 7.62. The van der Waals surface area contributed by atoms with E-state index in [0.29, 0.717) is 27.4 Å². The molecule has 3 aromatic carbocycles. The molecule has 3 aromatic rings. The van der Waals surface area contributed by atoms with Crippen LogP contribution in [0.2, 0.25) is 5.02 Å². The molecule has 1 aliphatic rings. The first kappa shape index (κ1) is 18.5. The van der Waals surface area contributed by atoms with Crippen LogP contribution in [0.1, 0.15) is 31.8 Å². The van der Waals surface area contributed by atoms with E-state index in [0.717, 1.165) is 4.90 Å². The smallest absolute Gasteiger partial charge is 0.234 e. The van der Waals surface area contributed by atoms with Crippen LogP contribution in [0.25, 0.3) is 0 Å². The third-order valence-electron chi connectivity index (χ3n) is 4.42. The van der Waals surface area contributed by atoms with Gasteiger partial charge < -0.3 is 5.32 Å². The zero-order valence-corrected chi connectivity index (χ0v) is 16.1. The summed E-state index contributed by atoms with van der Waals surface area (Å²) in [7, 11) is 0. The standard InChI is InChI=1S/C22H14ClNO3S/c23-16-9-3-4-11-18(16)28-12-19(25)24-17-10-5-8-15-20(17)22(27)14-7-2-1-6-13(14)21(15)26/h1-11H,12H2,(H,24,25). The number of halogens is 1. The Kier molecular flexibility index (Phi) is 5.03. The number of amides is 1. The van der Waals surface area contributed by atoms with Crippen LogP contribution in [0.5, 0.6) is 0 Å². The maximum Gasteiger partial charge on any atom is 0.234 e. The molecule has 0 heterocycles. The number of hydrogen-bond donors (Lipinski definition) is 1. The van der Waals surface area contributed by atoms with Crippen molar-refractivity contribution in [3.05, 3.63) is 94.0 Å². The number of ketones is 2. The van der Waals surface area contributed by atoms with Crippen LogP contribution in [-0.4, -0.2) is 23.2 Å². The van der Waals surface area contributed by atoms with Gasteiger partial charge in [-0.05, 0) is 18.2 Å². The zero-order chi connectivity index (χ0) is 19.7. The third-order valence-corrected chi connectivity index (χ3v) is 5.94. The van der Waals surface area contributed by atoms with Gasteiger partial charge in [0.1, 0.15) is 0 Å². The van der Waals surface area contributed by atoms with E-state index in [9.17, 15) is 14.4 Å². The average Bonchev–Trinajstić information content (AvgIpc) is 2.71. The molecule has 0 aliphatic heterocycles. The minimum Gasteiger partial charge on any atom is -0.325 e. The van der Waals surface area contributed by atoms with Crippen molar-refractivity contribution in [2.45, 2.75) is 4.90 Å². The molecule has 6 heteroatoms. The Bertz CT molecular complexity index is 1130. The second-order valence-electron chi connectivity index (χ2n) is 6.20. The molecule has 138 valence electrons. The number of carbonyl (C=O) groups is 3. The lowest BCUT2D eigenvalue weighted by atomic mass is 9.83. The summed E-state index contributed by atoms with van der Waals surface area (Å²) in [4.78, 5) is 39.0. The quantitative estimate of drug-likeness (QED) is 0.491. The van der Waals surface area contributed by atoms with E-state index in [4.69, 9.17) is 11.6 Å². The van der Waals surface area contributed by atoms with Crippen LogP contribution in [0.4, 0.5) is 5.69 Å². The van der Waals surface area contributed by atoms with Crippen molar-refractivity contribution in [3.63, 3.8) is 0 Å². The summed E-state index contributed by atoms with van der Waals surface area (Å²) < 4.78 is 0. The van der Waals surface area contributed by atoms with Crippen LogP contribution in [0.3, 0.4) is 0 Å². The van der Waals surface area contributed by atoms with Gasteiger partial charge in [-0.2, -0.15) is 0 Å². The SMILES string of the molecule is O=C(CSc1ccccc1Cl)Nc1cccc2c1C(=O)c1ccccc1C2=O. The molecule has 0 saturated carbocycles. The normalized spacial score (nSPS) is 12.3. The molecular formula is C22H14ClNO3S. The van der Waals surface area contributed by atoms with Crippen LogP contribution < -0.4 is 5.32 Å². The molecule has 1 N–H and O–H groups in total. The molecular weight excluding hydrogens is 394 g/mol. The van der Waals surface area contributed by atoms with Gasteiger partial charge >= 0.3 is 0 Å². The fraction of sp³-hybridized carbons (Fsp3) is 0.0455. The minimum absolute atomic E-state index is 0.131. The lowest BCUT2D eigenvalue weighted by Crippen LogP contribution is -2.24. The molecule has 0 atom stereocenters. The second-order valence-corrected chi connectivity index (χ2v) is 7.62. The summed E-state index contributed by atoms with van der Waals surface area (Å²) in [5.41, 5.74) is 1.63. The molecule has 1 amide bonds. The Morgan fingerprint density at radius 1 is 0.821 bits per heavy atom. The summed E-state index contributed by atoms with van der Waals surface area (Å²) in [5, 5.41) is 3.34. The number of fused-ring (bicyclic) bond motifs is 2. The van der Waals surface area contributed by atoms with Gasteiger partial charge in [0.25, 0.3) is 0 Å². The number of nitrogens with one attached hydrogen (secondary N) is 1. The molecule has 0 aromatic heterocycles. The predicted octanol–water partition coefficient (Wildman–Crippen LogP) is 4.85. The Morgan fingerprint density at radius 2 is 1.46 bits per heavy atom. The first-order valence-corrected chi connectivity index (χ1v) is 9.91. The van der Waals surface area contributed by atoms with Crippen molar-refractivity contribution in [1.82, 2.24) is 0 Å². The Morgan fingerprint density at radius 3 is 2.21 bits per heavy atom. The molecule has 1 aliphatic carbocycles. The average molecular weight is 408 g/mol. The van der Waals surface area contributed by atoms with Crippen LogP contribution in [0.15, 0.2) is 71.6 Å². The van der Waals surface area contributed by atoms with Crippen LogP contribution >= 0.6 is 23.4 Å². The highest BCUT2D eigenvalue weighted by Crippen LogP contribution is 2.32. The molecule has 28 heavy (non-hydrogen) atoms.